The maximum atomic E-state index is 14.2. The lowest BCUT2D eigenvalue weighted by atomic mass is 9.97. The van der Waals surface area contributed by atoms with Crippen LogP contribution in [-0.2, 0) is 9.59 Å². The Morgan fingerprint density at radius 1 is 1.36 bits per heavy atom. The smallest absolute Gasteiger partial charge is 0.241 e. The highest BCUT2D eigenvalue weighted by molar-refractivity contribution is 5.83. The summed E-state index contributed by atoms with van der Waals surface area (Å²) in [4.78, 5) is 25.3. The van der Waals surface area contributed by atoms with Gasteiger partial charge in [-0.3, -0.25) is 9.59 Å². The maximum Gasteiger partial charge on any atom is 0.241 e. The van der Waals surface area contributed by atoms with Gasteiger partial charge < -0.3 is 16.0 Å². The van der Waals surface area contributed by atoms with E-state index in [0.717, 1.165) is 6.42 Å². The number of carbonyl (C=O) groups is 2. The molecule has 0 aliphatic carbocycles. The van der Waals surface area contributed by atoms with E-state index in [0.29, 0.717) is 25.2 Å². The molecule has 7 nitrogen and oxygen atoms in total. The van der Waals surface area contributed by atoms with Crippen LogP contribution < -0.4 is 11.1 Å². The lowest BCUT2D eigenvalue weighted by molar-refractivity contribution is -0.133. The molecule has 1 saturated heterocycles. The third-order valence-corrected chi connectivity index (χ3v) is 4.34. The molecule has 3 rings (SSSR count). The van der Waals surface area contributed by atoms with Gasteiger partial charge in [0.1, 0.15) is 5.82 Å². The predicted molar refractivity (Wildman–Crippen MR) is 90.5 cm³/mol. The molecule has 0 spiro atoms. The molecule has 1 aromatic heterocycles. The van der Waals surface area contributed by atoms with Gasteiger partial charge in [-0.1, -0.05) is 6.07 Å². The van der Waals surface area contributed by atoms with Crippen LogP contribution in [0.25, 0.3) is 5.69 Å². The zero-order chi connectivity index (χ0) is 17.8. The number of nitrogens with zero attached hydrogens (tertiary/aromatic N) is 3. The number of hydrogen-bond donors (Lipinski definition) is 2. The summed E-state index contributed by atoms with van der Waals surface area (Å²) >= 11 is 0. The second-order valence-electron chi connectivity index (χ2n) is 6.02. The Morgan fingerprint density at radius 2 is 2.20 bits per heavy atom. The van der Waals surface area contributed by atoms with E-state index in [2.05, 4.69) is 10.4 Å². The zero-order valence-corrected chi connectivity index (χ0v) is 13.7. The van der Waals surface area contributed by atoms with Gasteiger partial charge in [0.2, 0.25) is 11.8 Å². The molecule has 132 valence electrons. The lowest BCUT2D eigenvalue weighted by Crippen LogP contribution is -2.46. The summed E-state index contributed by atoms with van der Waals surface area (Å²) in [6.07, 6.45) is 4.72. The predicted octanol–water partition coefficient (Wildman–Crippen LogP) is 1.15. The van der Waals surface area contributed by atoms with Crippen LogP contribution in [0, 0.1) is 11.7 Å². The number of nitrogens with two attached hydrogens (primary N) is 1. The number of aromatic nitrogens is 2. The van der Waals surface area contributed by atoms with Crippen LogP contribution in [0.1, 0.15) is 12.8 Å². The molecule has 2 aromatic rings. The Morgan fingerprint density at radius 3 is 2.92 bits per heavy atom. The molecule has 0 bridgehead atoms. The molecular weight excluding hydrogens is 325 g/mol. The molecule has 0 saturated carbocycles. The van der Waals surface area contributed by atoms with Gasteiger partial charge in [-0.2, -0.15) is 5.10 Å². The summed E-state index contributed by atoms with van der Waals surface area (Å²) in [5.41, 5.74) is 6.07. The van der Waals surface area contributed by atoms with Crippen molar-refractivity contribution >= 4 is 17.5 Å². The first-order valence-corrected chi connectivity index (χ1v) is 8.15. The van der Waals surface area contributed by atoms with E-state index in [1.807, 2.05) is 0 Å². The van der Waals surface area contributed by atoms with Crippen molar-refractivity contribution in [2.75, 3.05) is 25.0 Å². The average Bonchev–Trinajstić information content (AvgIpc) is 3.14. The van der Waals surface area contributed by atoms with E-state index in [1.165, 1.54) is 10.7 Å². The molecule has 1 atom stereocenters. The number of para-hydroxylation sites is 1. The normalized spacial score (nSPS) is 17.3. The number of amides is 2. The third-order valence-electron chi connectivity index (χ3n) is 4.34. The van der Waals surface area contributed by atoms with Crippen molar-refractivity contribution in [2.45, 2.75) is 12.8 Å². The van der Waals surface area contributed by atoms with Crippen molar-refractivity contribution < 1.29 is 14.0 Å². The van der Waals surface area contributed by atoms with E-state index in [-0.39, 0.29) is 30.0 Å². The number of nitrogens with one attached hydrogen (secondary N) is 1. The van der Waals surface area contributed by atoms with Gasteiger partial charge in [0.15, 0.2) is 0 Å². The van der Waals surface area contributed by atoms with E-state index in [1.54, 1.807) is 35.5 Å². The van der Waals surface area contributed by atoms with Crippen LogP contribution in [-0.4, -0.2) is 46.1 Å². The number of carbonyl (C=O) groups excluding carboxylic acids is 2. The second-order valence-corrected chi connectivity index (χ2v) is 6.02. The summed E-state index contributed by atoms with van der Waals surface area (Å²) in [5.74, 6) is -1.36. The highest BCUT2D eigenvalue weighted by atomic mass is 19.1. The van der Waals surface area contributed by atoms with Gasteiger partial charge in [-0.15, -0.1) is 0 Å². The molecule has 1 aliphatic rings. The number of likely N-dealkylation sites (tertiary alicyclic amines) is 1. The SMILES string of the molecule is NC(=O)[C@H]1CCCN(C(=O)CNc2c(F)cccc2-n2cccn2)C1. The van der Waals surface area contributed by atoms with Crippen molar-refractivity contribution in [2.24, 2.45) is 11.7 Å². The number of benzene rings is 1. The highest BCUT2D eigenvalue weighted by Gasteiger charge is 2.27. The van der Waals surface area contributed by atoms with Crippen molar-refractivity contribution in [3.8, 4) is 5.69 Å². The number of piperidine rings is 1. The Kier molecular flexibility index (Phi) is 4.97. The van der Waals surface area contributed by atoms with Gasteiger partial charge in [-0.25, -0.2) is 9.07 Å². The summed E-state index contributed by atoms with van der Waals surface area (Å²) < 4.78 is 15.7. The first kappa shape index (κ1) is 16.9. The van der Waals surface area contributed by atoms with Crippen molar-refractivity contribution in [3.05, 3.63) is 42.5 Å². The minimum atomic E-state index is -0.463. The largest absolute Gasteiger partial charge is 0.372 e. The van der Waals surface area contributed by atoms with E-state index in [4.69, 9.17) is 5.73 Å². The first-order valence-electron chi connectivity index (χ1n) is 8.15. The number of halogens is 1. The minimum Gasteiger partial charge on any atom is -0.372 e. The second kappa shape index (κ2) is 7.33. The van der Waals surface area contributed by atoms with Gasteiger partial charge >= 0.3 is 0 Å². The molecule has 1 aromatic carbocycles. The molecular formula is C17H20FN5O2. The minimum absolute atomic E-state index is 0.0688. The number of primary amides is 1. The van der Waals surface area contributed by atoms with Gasteiger partial charge in [-0.05, 0) is 31.0 Å². The molecule has 3 N–H and O–H groups in total. The van der Waals surface area contributed by atoms with Crippen LogP contribution in [0.15, 0.2) is 36.7 Å². The Bertz CT molecular complexity index is 762. The molecule has 2 amide bonds. The van der Waals surface area contributed by atoms with Gasteiger partial charge in [0.25, 0.3) is 0 Å². The summed E-state index contributed by atoms with van der Waals surface area (Å²) in [6.45, 7) is 0.827. The molecule has 1 fully saturated rings. The molecule has 1 aliphatic heterocycles. The number of hydrogen-bond acceptors (Lipinski definition) is 4. The van der Waals surface area contributed by atoms with E-state index >= 15 is 0 Å². The van der Waals surface area contributed by atoms with Gasteiger partial charge in [0, 0.05) is 25.5 Å². The molecule has 8 heteroatoms. The molecule has 2 heterocycles. The quantitative estimate of drug-likeness (QED) is 0.850. The monoisotopic (exact) mass is 345 g/mol. The third kappa shape index (κ3) is 3.78. The Labute approximate surface area is 144 Å². The topological polar surface area (TPSA) is 93.3 Å². The fourth-order valence-corrected chi connectivity index (χ4v) is 3.00. The highest BCUT2D eigenvalue weighted by Crippen LogP contribution is 2.23. The standard InChI is InChI=1S/C17H20FN5O2/c18-13-5-1-6-14(23-9-3-7-21-23)16(13)20-10-15(24)22-8-2-4-12(11-22)17(19)25/h1,3,5-7,9,12,20H,2,4,8,10-11H2,(H2,19,25)/t12-/m0/s1. The van der Waals surface area contributed by atoms with Crippen molar-refractivity contribution in [3.63, 3.8) is 0 Å². The van der Waals surface area contributed by atoms with E-state index < -0.39 is 5.82 Å². The Hall–Kier alpha value is -2.90. The molecule has 0 radical (unpaired) electrons. The van der Waals surface area contributed by atoms with Crippen LogP contribution in [0.5, 0.6) is 0 Å². The summed E-state index contributed by atoms with van der Waals surface area (Å²) in [7, 11) is 0. The van der Waals surface area contributed by atoms with Crippen molar-refractivity contribution in [1.29, 1.82) is 0 Å². The molecule has 0 unspecified atom stereocenters. The van der Waals surface area contributed by atoms with Crippen molar-refractivity contribution in [1.82, 2.24) is 14.7 Å². The average molecular weight is 345 g/mol. The lowest BCUT2D eigenvalue weighted by Gasteiger charge is -2.31. The fourth-order valence-electron chi connectivity index (χ4n) is 3.00. The number of anilines is 1. The fraction of sp³-hybridized carbons (Fsp3) is 0.353. The van der Waals surface area contributed by atoms with Crippen LogP contribution >= 0.6 is 0 Å². The molecule has 25 heavy (non-hydrogen) atoms. The zero-order valence-electron chi connectivity index (χ0n) is 13.7. The summed E-state index contributed by atoms with van der Waals surface area (Å²) in [6, 6.07) is 6.36. The maximum absolute atomic E-state index is 14.2. The number of rotatable bonds is 5. The van der Waals surface area contributed by atoms with Gasteiger partial charge in [0.05, 0.1) is 23.8 Å². The first-order chi connectivity index (χ1) is 12.1. The summed E-state index contributed by atoms with van der Waals surface area (Å²) in [5, 5.41) is 6.97. The van der Waals surface area contributed by atoms with Crippen LogP contribution in [0.2, 0.25) is 0 Å². The van der Waals surface area contributed by atoms with Crippen LogP contribution in [0.3, 0.4) is 0 Å². The van der Waals surface area contributed by atoms with E-state index in [9.17, 15) is 14.0 Å². The Balaban J connectivity index is 1.69. The van der Waals surface area contributed by atoms with Crippen LogP contribution in [0.4, 0.5) is 10.1 Å².